The maximum Gasteiger partial charge on any atom is 0.130 e. The van der Waals surface area contributed by atoms with E-state index >= 15 is 0 Å². The monoisotopic (exact) mass is 308 g/mol. The maximum atomic E-state index is 5.37. The van der Waals surface area contributed by atoms with Gasteiger partial charge in [-0.3, -0.25) is 0 Å². The van der Waals surface area contributed by atoms with Crippen LogP contribution in [0.2, 0.25) is 0 Å². The molecule has 19 heavy (non-hydrogen) atoms. The Hall–Kier alpha value is 0.0400. The Morgan fingerprint density at radius 2 is 1.11 bits per heavy atom. The minimum Gasteiger partial charge on any atom is -0.370 e. The first-order valence-electron chi connectivity index (χ1n) is 6.77. The van der Waals surface area contributed by atoms with Crippen molar-refractivity contribution >= 4 is 29.2 Å². The highest BCUT2D eigenvalue weighted by Gasteiger charge is 1.90. The van der Waals surface area contributed by atoms with E-state index in [0.717, 1.165) is 58.9 Å². The van der Waals surface area contributed by atoms with Crippen LogP contribution >= 0.6 is 24.8 Å². The summed E-state index contributed by atoms with van der Waals surface area (Å²) in [4.78, 5) is 0. The second kappa shape index (κ2) is 16.1. The first-order valence-corrected chi connectivity index (χ1v) is 7.62. The molecule has 0 heterocycles. The molecule has 0 atom stereocenters. The number of hydrogen-bond acceptors (Lipinski definition) is 6. The third-order valence-corrected chi connectivity index (χ3v) is 2.64. The maximum absolute atomic E-state index is 5.37. The van der Waals surface area contributed by atoms with Crippen LogP contribution in [0.25, 0.3) is 0 Å². The van der Waals surface area contributed by atoms with Crippen molar-refractivity contribution in [2.24, 2.45) is 5.73 Å². The SMILES string of the molecule is NCCNCCNCCNCCNCCNC(=S)S. The molecule has 6 nitrogen and oxygen atoms in total. The first-order chi connectivity index (χ1) is 9.27. The predicted octanol–water partition coefficient (Wildman–Crippen LogP) is -1.89. The fourth-order valence-corrected chi connectivity index (χ4v) is 1.60. The first kappa shape index (κ1) is 19.0. The molecule has 7 N–H and O–H groups in total. The summed E-state index contributed by atoms with van der Waals surface area (Å²) in [5.74, 6) is 0. The molecule has 0 unspecified atom stereocenters. The molecule has 0 fully saturated rings. The lowest BCUT2D eigenvalue weighted by Crippen LogP contribution is -2.37. The smallest absolute Gasteiger partial charge is 0.130 e. The highest BCUT2D eigenvalue weighted by Crippen LogP contribution is 1.74. The normalized spacial score (nSPS) is 10.6. The lowest BCUT2D eigenvalue weighted by Gasteiger charge is -2.08. The Morgan fingerprint density at radius 3 is 1.47 bits per heavy atom. The van der Waals surface area contributed by atoms with Gasteiger partial charge in [-0.05, 0) is 0 Å². The summed E-state index contributed by atoms with van der Waals surface area (Å²) in [5.41, 5.74) is 5.37. The molecule has 0 amide bonds. The highest BCUT2D eigenvalue weighted by molar-refractivity contribution is 8.11. The van der Waals surface area contributed by atoms with Crippen LogP contribution in [-0.2, 0) is 0 Å². The molecule has 0 aromatic rings. The van der Waals surface area contributed by atoms with Gasteiger partial charge in [0.1, 0.15) is 4.32 Å². The van der Waals surface area contributed by atoms with Crippen molar-refractivity contribution < 1.29 is 0 Å². The molecule has 0 aromatic carbocycles. The number of rotatable bonds is 14. The van der Waals surface area contributed by atoms with Gasteiger partial charge in [-0.15, -0.1) is 12.6 Å². The molecule has 0 aliphatic rings. The highest BCUT2D eigenvalue weighted by atomic mass is 32.1. The summed E-state index contributed by atoms with van der Waals surface area (Å²) in [6.07, 6.45) is 0. The number of thiocarbonyl (C=S) groups is 1. The van der Waals surface area contributed by atoms with E-state index in [9.17, 15) is 0 Å². The Kier molecular flexibility index (Phi) is 16.1. The summed E-state index contributed by atoms with van der Waals surface area (Å²) in [6.45, 7) is 9.15. The van der Waals surface area contributed by atoms with Crippen LogP contribution in [0, 0.1) is 0 Å². The zero-order chi connectivity index (χ0) is 14.2. The third kappa shape index (κ3) is 18.0. The summed E-state index contributed by atoms with van der Waals surface area (Å²) in [6, 6.07) is 0. The molecule has 0 saturated heterocycles. The Morgan fingerprint density at radius 1 is 0.737 bits per heavy atom. The van der Waals surface area contributed by atoms with Gasteiger partial charge in [0, 0.05) is 65.4 Å². The summed E-state index contributed by atoms with van der Waals surface area (Å²) in [7, 11) is 0. The molecule has 0 aliphatic carbocycles. The van der Waals surface area contributed by atoms with E-state index in [1.54, 1.807) is 0 Å². The molecule has 0 radical (unpaired) electrons. The fraction of sp³-hybridized carbons (Fsp3) is 0.909. The van der Waals surface area contributed by atoms with Crippen molar-refractivity contribution in [3.63, 3.8) is 0 Å². The summed E-state index contributed by atoms with van der Waals surface area (Å²) >= 11 is 8.76. The van der Waals surface area contributed by atoms with E-state index in [2.05, 4.69) is 39.2 Å². The second-order valence-electron chi connectivity index (χ2n) is 4.02. The topological polar surface area (TPSA) is 86.2 Å². The average Bonchev–Trinajstić information content (AvgIpc) is 2.39. The number of hydrogen-bond donors (Lipinski definition) is 7. The van der Waals surface area contributed by atoms with Crippen LogP contribution < -0.4 is 32.3 Å². The zero-order valence-electron chi connectivity index (χ0n) is 11.5. The van der Waals surface area contributed by atoms with E-state index in [0.29, 0.717) is 10.9 Å². The molecular formula is C11H28N6S2. The Bertz CT molecular complexity index is 206. The van der Waals surface area contributed by atoms with E-state index in [4.69, 9.17) is 18.0 Å². The van der Waals surface area contributed by atoms with E-state index in [-0.39, 0.29) is 0 Å². The van der Waals surface area contributed by atoms with Gasteiger partial charge in [-0.25, -0.2) is 0 Å². The van der Waals surface area contributed by atoms with Crippen LogP contribution in [0.5, 0.6) is 0 Å². The molecule has 0 saturated carbocycles. The zero-order valence-corrected chi connectivity index (χ0v) is 13.2. The fourth-order valence-electron chi connectivity index (χ4n) is 1.39. The molecule has 0 rings (SSSR count). The van der Waals surface area contributed by atoms with Crippen LogP contribution in [0.1, 0.15) is 0 Å². The van der Waals surface area contributed by atoms with Crippen LogP contribution in [-0.4, -0.2) is 69.8 Å². The van der Waals surface area contributed by atoms with Gasteiger partial charge in [0.25, 0.3) is 0 Å². The largest absolute Gasteiger partial charge is 0.370 e. The molecule has 0 bridgehead atoms. The third-order valence-electron chi connectivity index (χ3n) is 2.33. The molecule has 8 heteroatoms. The lowest BCUT2D eigenvalue weighted by molar-refractivity contribution is 0.567. The van der Waals surface area contributed by atoms with Gasteiger partial charge >= 0.3 is 0 Å². The minimum atomic E-state index is 0.548. The molecule has 0 aliphatic heterocycles. The Labute approximate surface area is 127 Å². The van der Waals surface area contributed by atoms with Crippen LogP contribution in [0.4, 0.5) is 0 Å². The molecule has 0 spiro atoms. The lowest BCUT2D eigenvalue weighted by atomic mass is 10.5. The summed E-state index contributed by atoms with van der Waals surface area (Å²) < 4.78 is 0.548. The van der Waals surface area contributed by atoms with Crippen molar-refractivity contribution in [1.82, 2.24) is 26.6 Å². The van der Waals surface area contributed by atoms with E-state index < -0.39 is 0 Å². The second-order valence-corrected chi connectivity index (χ2v) is 5.18. The number of thiol groups is 1. The van der Waals surface area contributed by atoms with Gasteiger partial charge in [0.05, 0.1) is 0 Å². The van der Waals surface area contributed by atoms with Gasteiger partial charge in [0.15, 0.2) is 0 Å². The minimum absolute atomic E-state index is 0.548. The van der Waals surface area contributed by atoms with Crippen molar-refractivity contribution in [3.05, 3.63) is 0 Å². The van der Waals surface area contributed by atoms with Crippen LogP contribution in [0.15, 0.2) is 0 Å². The van der Waals surface area contributed by atoms with Crippen molar-refractivity contribution in [3.8, 4) is 0 Å². The standard InChI is InChI=1S/C11H28N6S2/c12-1-2-13-3-4-14-5-6-15-7-8-16-9-10-17-11(18)19/h13-16H,1-10,12H2,(H2,17,18,19). The van der Waals surface area contributed by atoms with Crippen molar-refractivity contribution in [2.45, 2.75) is 0 Å². The number of nitrogens with one attached hydrogen (secondary N) is 5. The number of nitrogens with two attached hydrogens (primary N) is 1. The Balaban J connectivity index is 2.93. The average molecular weight is 309 g/mol. The molecular weight excluding hydrogens is 280 g/mol. The van der Waals surface area contributed by atoms with Crippen molar-refractivity contribution in [2.75, 3.05) is 65.4 Å². The predicted molar refractivity (Wildman–Crippen MR) is 90.1 cm³/mol. The van der Waals surface area contributed by atoms with Crippen LogP contribution in [0.3, 0.4) is 0 Å². The van der Waals surface area contributed by atoms with Crippen molar-refractivity contribution in [1.29, 1.82) is 0 Å². The van der Waals surface area contributed by atoms with Gasteiger partial charge in [-0.1, -0.05) is 12.2 Å². The molecule has 114 valence electrons. The van der Waals surface area contributed by atoms with E-state index in [1.165, 1.54) is 0 Å². The molecule has 0 aromatic heterocycles. The van der Waals surface area contributed by atoms with Gasteiger partial charge < -0.3 is 32.3 Å². The van der Waals surface area contributed by atoms with Gasteiger partial charge in [0.2, 0.25) is 0 Å². The summed E-state index contributed by atoms with van der Waals surface area (Å²) in [5, 5.41) is 16.2. The quantitative estimate of drug-likeness (QED) is 0.115. The van der Waals surface area contributed by atoms with Gasteiger partial charge in [-0.2, -0.15) is 0 Å². The van der Waals surface area contributed by atoms with E-state index in [1.807, 2.05) is 0 Å².